The number of rotatable bonds is 1. The summed E-state index contributed by atoms with van der Waals surface area (Å²) in [6.07, 6.45) is -3.17. The van der Waals surface area contributed by atoms with Crippen molar-refractivity contribution in [2.75, 3.05) is 0 Å². The van der Waals surface area contributed by atoms with E-state index in [0.717, 1.165) is 6.07 Å². The lowest BCUT2D eigenvalue weighted by Crippen LogP contribution is -2.13. The zero-order chi connectivity index (χ0) is 12.6. The second-order valence-electron chi connectivity index (χ2n) is 3.69. The van der Waals surface area contributed by atoms with Crippen LogP contribution in [0.3, 0.4) is 0 Å². The number of hydrogen-bond acceptors (Lipinski definition) is 2. The zero-order valence-corrected chi connectivity index (χ0v) is 9.28. The van der Waals surface area contributed by atoms with E-state index in [1.807, 2.05) is 0 Å². The largest absolute Gasteiger partial charge is 0.418 e. The van der Waals surface area contributed by atoms with Crippen LogP contribution in [0.4, 0.5) is 13.2 Å². The molecule has 3 nitrogen and oxygen atoms in total. The van der Waals surface area contributed by atoms with Crippen molar-refractivity contribution in [1.29, 1.82) is 0 Å². The monoisotopic (exact) mass is 241 g/mol. The number of halogens is 3. The molecule has 0 aliphatic rings. The smallest absolute Gasteiger partial charge is 0.220 e. The molecule has 0 bridgehead atoms. The van der Waals surface area contributed by atoms with E-state index >= 15 is 0 Å². The summed E-state index contributed by atoms with van der Waals surface area (Å²) < 4.78 is 39.9. The van der Waals surface area contributed by atoms with Crippen LogP contribution < -0.4 is 0 Å². The molecule has 0 unspecified atom stereocenters. The highest BCUT2D eigenvalue weighted by Gasteiger charge is 2.35. The third-order valence-electron chi connectivity index (χ3n) is 2.47. The Bertz CT molecular complexity index is 543. The van der Waals surface area contributed by atoms with Crippen LogP contribution in [0, 0.1) is 13.8 Å². The molecule has 2 aromatic rings. The zero-order valence-electron chi connectivity index (χ0n) is 9.28. The predicted molar refractivity (Wildman–Crippen MR) is 55.8 cm³/mol. The molecule has 17 heavy (non-hydrogen) atoms. The lowest BCUT2D eigenvalue weighted by molar-refractivity contribution is -0.137. The van der Waals surface area contributed by atoms with Gasteiger partial charge in [0, 0.05) is 0 Å². The van der Waals surface area contributed by atoms with E-state index in [2.05, 4.69) is 10.1 Å². The van der Waals surface area contributed by atoms with E-state index < -0.39 is 11.7 Å². The van der Waals surface area contributed by atoms with E-state index in [-0.39, 0.29) is 5.69 Å². The fourth-order valence-electron chi connectivity index (χ4n) is 1.69. The SMILES string of the molecule is Cc1cccc(C(F)(F)F)c1-n1ncnc1C. The molecule has 0 atom stereocenters. The van der Waals surface area contributed by atoms with Crippen molar-refractivity contribution in [2.45, 2.75) is 20.0 Å². The molecule has 0 fully saturated rings. The van der Waals surface area contributed by atoms with E-state index in [1.165, 1.54) is 17.1 Å². The lowest BCUT2D eigenvalue weighted by Gasteiger charge is -2.15. The second-order valence-corrected chi connectivity index (χ2v) is 3.69. The number of alkyl halides is 3. The van der Waals surface area contributed by atoms with Crippen molar-refractivity contribution in [3.8, 4) is 5.69 Å². The van der Waals surface area contributed by atoms with Crippen LogP contribution in [0.1, 0.15) is 17.0 Å². The molecule has 0 saturated heterocycles. The summed E-state index contributed by atoms with van der Waals surface area (Å²) >= 11 is 0. The van der Waals surface area contributed by atoms with Crippen molar-refractivity contribution in [3.05, 3.63) is 41.5 Å². The Balaban J connectivity index is 2.73. The first-order valence-corrected chi connectivity index (χ1v) is 4.95. The van der Waals surface area contributed by atoms with Gasteiger partial charge in [-0.2, -0.15) is 18.3 Å². The van der Waals surface area contributed by atoms with Gasteiger partial charge in [-0.3, -0.25) is 0 Å². The first-order valence-electron chi connectivity index (χ1n) is 4.95. The molecule has 1 aromatic carbocycles. The van der Waals surface area contributed by atoms with E-state index in [1.54, 1.807) is 19.9 Å². The Morgan fingerprint density at radius 1 is 1.18 bits per heavy atom. The first kappa shape index (κ1) is 11.6. The highest BCUT2D eigenvalue weighted by Crippen LogP contribution is 2.35. The summed E-state index contributed by atoms with van der Waals surface area (Å²) in [5.74, 6) is 0.421. The van der Waals surface area contributed by atoms with Crippen LogP contribution in [0.5, 0.6) is 0 Å². The maximum absolute atomic E-state index is 12.9. The van der Waals surface area contributed by atoms with Gasteiger partial charge in [0.25, 0.3) is 0 Å². The van der Waals surface area contributed by atoms with Crippen LogP contribution in [-0.4, -0.2) is 14.8 Å². The molecule has 0 amide bonds. The highest BCUT2D eigenvalue weighted by molar-refractivity contribution is 5.48. The third-order valence-corrected chi connectivity index (χ3v) is 2.47. The molecule has 0 aliphatic heterocycles. The number of para-hydroxylation sites is 1. The van der Waals surface area contributed by atoms with Gasteiger partial charge >= 0.3 is 6.18 Å². The normalized spacial score (nSPS) is 11.8. The van der Waals surface area contributed by atoms with Crippen LogP contribution in [0.25, 0.3) is 5.69 Å². The molecule has 0 aliphatic carbocycles. The second kappa shape index (κ2) is 3.87. The summed E-state index contributed by atoms with van der Waals surface area (Å²) in [6, 6.07) is 4.04. The van der Waals surface area contributed by atoms with Gasteiger partial charge in [-0.05, 0) is 25.5 Å². The maximum Gasteiger partial charge on any atom is 0.418 e. The standard InChI is InChI=1S/C11H10F3N3/c1-7-4-3-5-9(11(12,13)14)10(7)17-8(2)15-6-16-17/h3-6H,1-2H3. The average Bonchev–Trinajstić information content (AvgIpc) is 2.62. The first-order chi connectivity index (χ1) is 7.91. The number of nitrogens with zero attached hydrogens (tertiary/aromatic N) is 3. The summed E-state index contributed by atoms with van der Waals surface area (Å²) in [5.41, 5.74) is -0.158. The summed E-state index contributed by atoms with van der Waals surface area (Å²) in [6.45, 7) is 3.23. The topological polar surface area (TPSA) is 30.7 Å². The van der Waals surface area contributed by atoms with Gasteiger partial charge in [0.2, 0.25) is 0 Å². The molecule has 0 N–H and O–H groups in total. The van der Waals surface area contributed by atoms with Gasteiger partial charge in [-0.15, -0.1) is 0 Å². The van der Waals surface area contributed by atoms with Crippen molar-refractivity contribution < 1.29 is 13.2 Å². The molecule has 0 spiro atoms. The molecular formula is C11H10F3N3. The molecular weight excluding hydrogens is 231 g/mol. The Labute approximate surface area is 95.9 Å². The van der Waals surface area contributed by atoms with Gasteiger partial charge in [0.05, 0.1) is 11.3 Å². The number of aryl methyl sites for hydroxylation is 2. The molecule has 1 aromatic heterocycles. The molecule has 0 radical (unpaired) electrons. The van der Waals surface area contributed by atoms with Gasteiger partial charge in [0.15, 0.2) is 0 Å². The minimum atomic E-state index is -4.40. The summed E-state index contributed by atoms with van der Waals surface area (Å²) in [7, 11) is 0. The van der Waals surface area contributed by atoms with E-state index in [9.17, 15) is 13.2 Å². The molecule has 1 heterocycles. The predicted octanol–water partition coefficient (Wildman–Crippen LogP) is 2.90. The van der Waals surface area contributed by atoms with Gasteiger partial charge < -0.3 is 0 Å². The number of aromatic nitrogens is 3. The van der Waals surface area contributed by atoms with Gasteiger partial charge in [0.1, 0.15) is 12.2 Å². The molecule has 2 rings (SSSR count). The van der Waals surface area contributed by atoms with Crippen molar-refractivity contribution >= 4 is 0 Å². The molecule has 0 saturated carbocycles. The lowest BCUT2D eigenvalue weighted by atomic mass is 10.1. The van der Waals surface area contributed by atoms with Crippen LogP contribution in [-0.2, 0) is 6.18 Å². The maximum atomic E-state index is 12.9. The van der Waals surface area contributed by atoms with Crippen molar-refractivity contribution in [3.63, 3.8) is 0 Å². The van der Waals surface area contributed by atoms with Crippen LogP contribution in [0.2, 0.25) is 0 Å². The summed E-state index contributed by atoms with van der Waals surface area (Å²) in [4.78, 5) is 3.84. The molecule has 6 heteroatoms. The number of hydrogen-bond donors (Lipinski definition) is 0. The Hall–Kier alpha value is -1.85. The minimum Gasteiger partial charge on any atom is -0.220 e. The third kappa shape index (κ3) is 2.02. The van der Waals surface area contributed by atoms with E-state index in [4.69, 9.17) is 0 Å². The van der Waals surface area contributed by atoms with Gasteiger partial charge in [-0.25, -0.2) is 9.67 Å². The minimum absolute atomic E-state index is 0.0370. The fourth-order valence-corrected chi connectivity index (χ4v) is 1.69. The van der Waals surface area contributed by atoms with Crippen LogP contribution in [0.15, 0.2) is 24.5 Å². The Kier molecular flexibility index (Phi) is 2.65. The van der Waals surface area contributed by atoms with Crippen LogP contribution >= 0.6 is 0 Å². The quantitative estimate of drug-likeness (QED) is 0.768. The van der Waals surface area contributed by atoms with E-state index in [0.29, 0.717) is 11.4 Å². The number of benzene rings is 1. The summed E-state index contributed by atoms with van der Waals surface area (Å²) in [5, 5.41) is 3.83. The van der Waals surface area contributed by atoms with Crippen molar-refractivity contribution in [2.24, 2.45) is 0 Å². The molecule has 90 valence electrons. The van der Waals surface area contributed by atoms with Crippen molar-refractivity contribution in [1.82, 2.24) is 14.8 Å². The fraction of sp³-hybridized carbons (Fsp3) is 0.273. The Morgan fingerprint density at radius 2 is 1.88 bits per heavy atom. The highest BCUT2D eigenvalue weighted by atomic mass is 19.4. The van der Waals surface area contributed by atoms with Gasteiger partial charge in [-0.1, -0.05) is 12.1 Å². The average molecular weight is 241 g/mol. The Morgan fingerprint density at radius 3 is 2.41 bits per heavy atom.